The van der Waals surface area contributed by atoms with Gasteiger partial charge in [0.05, 0.1) is 0 Å². The van der Waals surface area contributed by atoms with Gasteiger partial charge < -0.3 is 9.40 Å². The summed E-state index contributed by atoms with van der Waals surface area (Å²) in [6.07, 6.45) is 0. The molecule has 3 rings (SSSR count). The van der Waals surface area contributed by atoms with Crippen molar-refractivity contribution in [1.82, 2.24) is 9.97 Å². The minimum Gasteiger partial charge on any atom is -0.403 e. The van der Waals surface area contributed by atoms with Crippen molar-refractivity contribution in [3.05, 3.63) is 62.7 Å². The van der Waals surface area contributed by atoms with Crippen molar-refractivity contribution >= 4 is 11.1 Å². The molecule has 2 heterocycles. The van der Waals surface area contributed by atoms with E-state index in [4.69, 9.17) is 4.42 Å². The second-order valence-corrected chi connectivity index (χ2v) is 4.21. The van der Waals surface area contributed by atoms with Crippen LogP contribution in [0.4, 0.5) is 0 Å². The highest BCUT2D eigenvalue weighted by atomic mass is 16.4. The van der Waals surface area contributed by atoms with E-state index >= 15 is 0 Å². The number of aryl methyl sites for hydroxylation is 1. The highest BCUT2D eigenvalue weighted by Gasteiger charge is 2.10. The standard InChI is InChI=1S/C14H10N2O3/c1-8-7-10(17)19-14-11(8)13(18)15-12(16-14)9-5-3-2-4-6-9/h2-7H,1H3,(H,15,16,18). The number of nitrogens with zero attached hydrogens (tertiary/aromatic N) is 1. The second-order valence-electron chi connectivity index (χ2n) is 4.21. The molecule has 2 aromatic heterocycles. The summed E-state index contributed by atoms with van der Waals surface area (Å²) in [6, 6.07) is 10.5. The van der Waals surface area contributed by atoms with Crippen LogP contribution >= 0.6 is 0 Å². The first-order valence-electron chi connectivity index (χ1n) is 5.75. The molecule has 19 heavy (non-hydrogen) atoms. The minimum absolute atomic E-state index is 0.0626. The molecular weight excluding hydrogens is 244 g/mol. The third kappa shape index (κ3) is 1.95. The van der Waals surface area contributed by atoms with E-state index in [9.17, 15) is 9.59 Å². The summed E-state index contributed by atoms with van der Waals surface area (Å²) in [5, 5.41) is 0.305. The molecule has 1 aromatic carbocycles. The highest BCUT2D eigenvalue weighted by Crippen LogP contribution is 2.16. The van der Waals surface area contributed by atoms with Gasteiger partial charge in [0.1, 0.15) is 11.2 Å². The first-order chi connectivity index (χ1) is 9.15. The van der Waals surface area contributed by atoms with Crippen molar-refractivity contribution in [1.29, 1.82) is 0 Å². The third-order valence-corrected chi connectivity index (χ3v) is 2.86. The Bertz CT molecular complexity index is 863. The maximum atomic E-state index is 12.0. The fourth-order valence-electron chi connectivity index (χ4n) is 1.98. The number of nitrogens with one attached hydrogen (secondary N) is 1. The molecule has 0 atom stereocenters. The molecule has 1 N–H and O–H groups in total. The van der Waals surface area contributed by atoms with Gasteiger partial charge in [-0.05, 0) is 12.5 Å². The van der Waals surface area contributed by atoms with Crippen molar-refractivity contribution in [3.63, 3.8) is 0 Å². The maximum absolute atomic E-state index is 12.0. The topological polar surface area (TPSA) is 76.0 Å². The van der Waals surface area contributed by atoms with Crippen LogP contribution in [-0.4, -0.2) is 9.97 Å². The Labute approximate surface area is 107 Å². The molecule has 5 heteroatoms. The summed E-state index contributed by atoms with van der Waals surface area (Å²) < 4.78 is 5.00. The van der Waals surface area contributed by atoms with Gasteiger partial charge in [-0.3, -0.25) is 4.79 Å². The van der Waals surface area contributed by atoms with Gasteiger partial charge in [-0.15, -0.1) is 0 Å². The molecule has 3 aromatic rings. The zero-order valence-electron chi connectivity index (χ0n) is 10.1. The Morgan fingerprint density at radius 2 is 1.89 bits per heavy atom. The molecule has 0 amide bonds. The molecule has 0 unspecified atom stereocenters. The fraction of sp³-hybridized carbons (Fsp3) is 0.0714. The van der Waals surface area contributed by atoms with Crippen molar-refractivity contribution in [3.8, 4) is 11.4 Å². The van der Waals surface area contributed by atoms with Crippen LogP contribution in [0.2, 0.25) is 0 Å². The maximum Gasteiger partial charge on any atom is 0.337 e. The fourth-order valence-corrected chi connectivity index (χ4v) is 1.98. The summed E-state index contributed by atoms with van der Waals surface area (Å²) >= 11 is 0. The molecule has 5 nitrogen and oxygen atoms in total. The number of benzene rings is 1. The Balaban J connectivity index is 2.37. The van der Waals surface area contributed by atoms with Gasteiger partial charge in [-0.25, -0.2) is 4.79 Å². The minimum atomic E-state index is -0.512. The lowest BCUT2D eigenvalue weighted by Crippen LogP contribution is -2.13. The first-order valence-corrected chi connectivity index (χ1v) is 5.75. The van der Waals surface area contributed by atoms with Gasteiger partial charge in [0.25, 0.3) is 5.56 Å². The Morgan fingerprint density at radius 1 is 1.16 bits per heavy atom. The molecular formula is C14H10N2O3. The van der Waals surface area contributed by atoms with E-state index in [0.717, 1.165) is 5.56 Å². The smallest absolute Gasteiger partial charge is 0.337 e. The quantitative estimate of drug-likeness (QED) is 0.719. The van der Waals surface area contributed by atoms with E-state index in [2.05, 4.69) is 9.97 Å². The summed E-state index contributed by atoms with van der Waals surface area (Å²) in [4.78, 5) is 30.3. The lowest BCUT2D eigenvalue weighted by Gasteiger charge is -2.03. The highest BCUT2D eigenvalue weighted by molar-refractivity contribution is 5.77. The molecule has 0 bridgehead atoms. The van der Waals surface area contributed by atoms with Gasteiger partial charge in [0, 0.05) is 11.6 Å². The summed E-state index contributed by atoms with van der Waals surface area (Å²) in [5.74, 6) is 0.381. The molecule has 0 aliphatic heterocycles. The molecule has 0 aliphatic carbocycles. The number of hydrogen-bond acceptors (Lipinski definition) is 4. The largest absolute Gasteiger partial charge is 0.403 e. The van der Waals surface area contributed by atoms with Gasteiger partial charge in [-0.2, -0.15) is 4.98 Å². The zero-order chi connectivity index (χ0) is 13.4. The van der Waals surface area contributed by atoms with Gasteiger partial charge >= 0.3 is 5.63 Å². The van der Waals surface area contributed by atoms with Crippen LogP contribution in [0.3, 0.4) is 0 Å². The molecule has 0 saturated heterocycles. The first kappa shape index (κ1) is 11.4. The van der Waals surface area contributed by atoms with E-state index in [1.807, 2.05) is 30.3 Å². The van der Waals surface area contributed by atoms with E-state index in [-0.39, 0.29) is 11.3 Å². The second kappa shape index (κ2) is 4.20. The number of aromatic nitrogens is 2. The average Bonchev–Trinajstić information content (AvgIpc) is 2.38. The Morgan fingerprint density at radius 3 is 2.63 bits per heavy atom. The molecule has 0 saturated carbocycles. The van der Waals surface area contributed by atoms with Gasteiger partial charge in [0.2, 0.25) is 5.71 Å². The van der Waals surface area contributed by atoms with Crippen LogP contribution in [0, 0.1) is 6.92 Å². The number of aromatic amines is 1. The lowest BCUT2D eigenvalue weighted by atomic mass is 10.2. The van der Waals surface area contributed by atoms with Crippen LogP contribution < -0.4 is 11.2 Å². The molecule has 0 spiro atoms. The number of rotatable bonds is 1. The van der Waals surface area contributed by atoms with Crippen molar-refractivity contribution in [2.75, 3.05) is 0 Å². The predicted molar refractivity (Wildman–Crippen MR) is 71.1 cm³/mol. The Kier molecular flexibility index (Phi) is 2.52. The third-order valence-electron chi connectivity index (χ3n) is 2.86. The van der Waals surface area contributed by atoms with Crippen LogP contribution in [0.1, 0.15) is 5.56 Å². The average molecular weight is 254 g/mol. The summed E-state index contributed by atoms with van der Waals surface area (Å²) in [6.45, 7) is 1.68. The SMILES string of the molecule is Cc1cc(=O)oc2nc(-c3ccccc3)[nH]c(=O)c12. The molecule has 94 valence electrons. The lowest BCUT2D eigenvalue weighted by molar-refractivity contribution is 0.547. The van der Waals surface area contributed by atoms with Crippen LogP contribution in [0.5, 0.6) is 0 Å². The number of hydrogen-bond donors (Lipinski definition) is 1. The molecule has 0 radical (unpaired) electrons. The summed E-state index contributed by atoms with van der Waals surface area (Å²) in [5.41, 5.74) is 0.546. The zero-order valence-corrected chi connectivity index (χ0v) is 10.1. The van der Waals surface area contributed by atoms with E-state index < -0.39 is 5.63 Å². The summed E-state index contributed by atoms with van der Waals surface area (Å²) in [7, 11) is 0. The van der Waals surface area contributed by atoms with Crippen LogP contribution in [-0.2, 0) is 0 Å². The van der Waals surface area contributed by atoms with E-state index in [1.54, 1.807) is 6.92 Å². The number of H-pyrrole nitrogens is 1. The van der Waals surface area contributed by atoms with Crippen molar-refractivity contribution < 1.29 is 4.42 Å². The Hall–Kier alpha value is -2.69. The molecule has 0 fully saturated rings. The van der Waals surface area contributed by atoms with Crippen molar-refractivity contribution in [2.24, 2.45) is 0 Å². The van der Waals surface area contributed by atoms with Gasteiger partial charge in [-0.1, -0.05) is 30.3 Å². The van der Waals surface area contributed by atoms with E-state index in [1.165, 1.54) is 6.07 Å². The monoisotopic (exact) mass is 254 g/mol. The van der Waals surface area contributed by atoms with Crippen LogP contribution in [0.25, 0.3) is 22.5 Å². The predicted octanol–water partition coefficient (Wildman–Crippen LogP) is 1.85. The molecule has 0 aliphatic rings. The normalized spacial score (nSPS) is 10.8. The van der Waals surface area contributed by atoms with Gasteiger partial charge in [0.15, 0.2) is 0 Å². The van der Waals surface area contributed by atoms with E-state index in [0.29, 0.717) is 16.8 Å². The van der Waals surface area contributed by atoms with Crippen molar-refractivity contribution in [2.45, 2.75) is 6.92 Å². The van der Waals surface area contributed by atoms with Crippen LogP contribution in [0.15, 0.2) is 50.4 Å². The number of fused-ring (bicyclic) bond motifs is 1.